The van der Waals surface area contributed by atoms with E-state index in [2.05, 4.69) is 10.0 Å². The molecule has 0 fully saturated rings. The molecule has 0 atom stereocenters. The number of anilines is 1. The van der Waals surface area contributed by atoms with E-state index in [9.17, 15) is 18.0 Å². The number of para-hydroxylation sites is 1. The summed E-state index contributed by atoms with van der Waals surface area (Å²) in [5, 5.41) is 2.76. The first-order valence-corrected chi connectivity index (χ1v) is 11.2. The molecule has 0 spiro atoms. The Labute approximate surface area is 169 Å². The number of hydrogen-bond donors (Lipinski definition) is 2. The molecule has 0 saturated heterocycles. The molecule has 2 amide bonds. The lowest BCUT2D eigenvalue weighted by molar-refractivity contribution is -0.132. The quantitative estimate of drug-likeness (QED) is 0.637. The third-order valence-corrected chi connectivity index (χ3v) is 6.15. The highest BCUT2D eigenvalue weighted by molar-refractivity contribution is 7.98. The Morgan fingerprint density at radius 2 is 1.71 bits per heavy atom. The highest BCUT2D eigenvalue weighted by Gasteiger charge is 2.18. The monoisotopic (exact) mass is 421 g/mol. The van der Waals surface area contributed by atoms with E-state index >= 15 is 0 Å². The van der Waals surface area contributed by atoms with Crippen LogP contribution in [0, 0.1) is 6.92 Å². The molecule has 150 valence electrons. The lowest BCUT2D eigenvalue weighted by atomic mass is 10.2. The molecule has 0 aliphatic rings. The van der Waals surface area contributed by atoms with Gasteiger partial charge < -0.3 is 10.2 Å². The average molecular weight is 422 g/mol. The molecule has 0 saturated carbocycles. The summed E-state index contributed by atoms with van der Waals surface area (Å²) in [6, 6.07) is 13.7. The highest BCUT2D eigenvalue weighted by atomic mass is 32.2. The molecule has 2 aromatic carbocycles. The Morgan fingerprint density at radius 1 is 1.07 bits per heavy atom. The first kappa shape index (κ1) is 21.9. The molecule has 0 bridgehead atoms. The number of sulfonamides is 1. The van der Waals surface area contributed by atoms with Crippen molar-refractivity contribution in [1.82, 2.24) is 9.62 Å². The molecular formula is C19H23N3O4S2. The predicted octanol–water partition coefficient (Wildman–Crippen LogP) is 2.09. The van der Waals surface area contributed by atoms with Crippen molar-refractivity contribution in [3.05, 3.63) is 54.1 Å². The summed E-state index contributed by atoms with van der Waals surface area (Å²) in [7, 11) is -2.35. The van der Waals surface area contributed by atoms with Crippen molar-refractivity contribution in [3.8, 4) is 0 Å². The molecule has 0 aromatic heterocycles. The van der Waals surface area contributed by atoms with Gasteiger partial charge in [-0.25, -0.2) is 13.1 Å². The number of amides is 2. The fourth-order valence-corrected chi connectivity index (χ4v) is 3.86. The maximum absolute atomic E-state index is 12.2. The van der Waals surface area contributed by atoms with E-state index < -0.39 is 22.5 Å². The number of likely N-dealkylation sites (N-methyl/N-ethyl adjacent to an activating group) is 1. The minimum atomic E-state index is -3.79. The van der Waals surface area contributed by atoms with Gasteiger partial charge in [-0.15, -0.1) is 11.8 Å². The highest BCUT2D eigenvalue weighted by Crippen LogP contribution is 2.24. The smallest absolute Gasteiger partial charge is 0.244 e. The third-order valence-electron chi connectivity index (χ3n) is 3.93. The number of rotatable bonds is 8. The summed E-state index contributed by atoms with van der Waals surface area (Å²) < 4.78 is 26.7. The molecule has 2 N–H and O–H groups in total. The fourth-order valence-electron chi connectivity index (χ4n) is 2.33. The van der Waals surface area contributed by atoms with E-state index in [0.29, 0.717) is 5.69 Å². The normalized spacial score (nSPS) is 11.1. The van der Waals surface area contributed by atoms with Gasteiger partial charge in [0.15, 0.2) is 0 Å². The molecule has 7 nitrogen and oxygen atoms in total. The molecule has 0 aliphatic heterocycles. The number of hydrogen-bond acceptors (Lipinski definition) is 5. The van der Waals surface area contributed by atoms with Crippen LogP contribution >= 0.6 is 11.8 Å². The zero-order valence-corrected chi connectivity index (χ0v) is 17.6. The second-order valence-corrected chi connectivity index (χ2v) is 8.75. The lowest BCUT2D eigenvalue weighted by Crippen LogP contribution is -2.41. The van der Waals surface area contributed by atoms with E-state index in [0.717, 1.165) is 10.5 Å². The zero-order chi connectivity index (χ0) is 20.7. The Morgan fingerprint density at radius 3 is 2.36 bits per heavy atom. The summed E-state index contributed by atoms with van der Waals surface area (Å²) in [5.41, 5.74) is 1.60. The van der Waals surface area contributed by atoms with Crippen LogP contribution in [-0.2, 0) is 19.6 Å². The van der Waals surface area contributed by atoms with Crippen LogP contribution in [0.2, 0.25) is 0 Å². The van der Waals surface area contributed by atoms with Crippen molar-refractivity contribution in [2.24, 2.45) is 0 Å². The second kappa shape index (κ2) is 9.72. The van der Waals surface area contributed by atoms with Crippen molar-refractivity contribution in [3.63, 3.8) is 0 Å². The number of carbonyl (C=O) groups excluding carboxylic acids is 2. The van der Waals surface area contributed by atoms with Crippen LogP contribution in [0.5, 0.6) is 0 Å². The minimum absolute atomic E-state index is 0.0833. The van der Waals surface area contributed by atoms with Crippen molar-refractivity contribution >= 4 is 39.3 Å². The van der Waals surface area contributed by atoms with Crippen molar-refractivity contribution < 1.29 is 18.0 Å². The number of aryl methyl sites for hydroxylation is 1. The molecule has 28 heavy (non-hydrogen) atoms. The largest absolute Gasteiger partial charge is 0.335 e. The number of carbonyl (C=O) groups is 2. The lowest BCUT2D eigenvalue weighted by Gasteiger charge is -2.18. The molecule has 0 aliphatic carbocycles. The summed E-state index contributed by atoms with van der Waals surface area (Å²) in [6.07, 6.45) is 1.90. The van der Waals surface area contributed by atoms with Gasteiger partial charge in [0.25, 0.3) is 0 Å². The Bertz CT molecular complexity index is 944. The molecule has 2 rings (SSSR count). The van der Waals surface area contributed by atoms with E-state index in [1.165, 1.54) is 35.8 Å². The third kappa shape index (κ3) is 6.08. The Kier molecular flexibility index (Phi) is 7.61. The van der Waals surface area contributed by atoms with Crippen LogP contribution in [0.4, 0.5) is 5.69 Å². The van der Waals surface area contributed by atoms with Gasteiger partial charge in [-0.05, 0) is 37.4 Å². The summed E-state index contributed by atoms with van der Waals surface area (Å²) in [5.74, 6) is -0.872. The van der Waals surface area contributed by atoms with Gasteiger partial charge in [0.2, 0.25) is 21.8 Å². The minimum Gasteiger partial charge on any atom is -0.335 e. The number of nitrogens with zero attached hydrogens (tertiary/aromatic N) is 1. The van der Waals surface area contributed by atoms with Gasteiger partial charge in [0, 0.05) is 11.9 Å². The average Bonchev–Trinajstić information content (AvgIpc) is 2.66. The fraction of sp³-hybridized carbons (Fsp3) is 0.263. The molecule has 0 radical (unpaired) electrons. The van der Waals surface area contributed by atoms with Crippen molar-refractivity contribution in [2.75, 3.05) is 31.7 Å². The van der Waals surface area contributed by atoms with Gasteiger partial charge in [0.1, 0.15) is 0 Å². The summed E-state index contributed by atoms with van der Waals surface area (Å²) >= 11 is 1.50. The van der Waals surface area contributed by atoms with Crippen LogP contribution < -0.4 is 10.0 Å². The maximum Gasteiger partial charge on any atom is 0.244 e. The van der Waals surface area contributed by atoms with Crippen LogP contribution in [-0.4, -0.2) is 51.5 Å². The van der Waals surface area contributed by atoms with Crippen LogP contribution in [0.1, 0.15) is 5.56 Å². The van der Waals surface area contributed by atoms with Crippen molar-refractivity contribution in [2.45, 2.75) is 16.7 Å². The van der Waals surface area contributed by atoms with Crippen LogP contribution in [0.25, 0.3) is 0 Å². The van der Waals surface area contributed by atoms with E-state index in [1.807, 2.05) is 31.4 Å². The summed E-state index contributed by atoms with van der Waals surface area (Å²) in [4.78, 5) is 26.6. The van der Waals surface area contributed by atoms with Crippen LogP contribution in [0.15, 0.2) is 58.3 Å². The van der Waals surface area contributed by atoms with E-state index in [-0.39, 0.29) is 17.3 Å². The molecule has 2 aromatic rings. The first-order valence-electron chi connectivity index (χ1n) is 8.46. The van der Waals surface area contributed by atoms with E-state index in [1.54, 1.807) is 18.2 Å². The van der Waals surface area contributed by atoms with Gasteiger partial charge in [-0.3, -0.25) is 9.59 Å². The van der Waals surface area contributed by atoms with Gasteiger partial charge >= 0.3 is 0 Å². The Hall–Kier alpha value is -2.36. The zero-order valence-electron chi connectivity index (χ0n) is 15.9. The molecule has 0 heterocycles. The number of benzene rings is 2. The second-order valence-electron chi connectivity index (χ2n) is 6.14. The van der Waals surface area contributed by atoms with Gasteiger partial charge in [-0.1, -0.05) is 29.8 Å². The molecule has 0 unspecified atom stereocenters. The topological polar surface area (TPSA) is 95.6 Å². The number of thioether (sulfide) groups is 1. The Balaban J connectivity index is 1.90. The predicted molar refractivity (Wildman–Crippen MR) is 111 cm³/mol. The first-order chi connectivity index (χ1) is 13.2. The van der Waals surface area contributed by atoms with Gasteiger partial charge in [-0.2, -0.15) is 0 Å². The van der Waals surface area contributed by atoms with Crippen LogP contribution in [0.3, 0.4) is 0 Å². The van der Waals surface area contributed by atoms with Crippen molar-refractivity contribution in [1.29, 1.82) is 0 Å². The van der Waals surface area contributed by atoms with E-state index in [4.69, 9.17) is 0 Å². The standard InChI is InChI=1S/C19H23N3O4S2/c1-14-8-10-15(11-9-14)28(25,26)20-12-19(24)22(2)13-18(23)21-16-6-4-5-7-17(16)27-3/h4-11,20H,12-13H2,1-3H3,(H,21,23). The molecular weight excluding hydrogens is 398 g/mol. The number of nitrogens with one attached hydrogen (secondary N) is 2. The SMILES string of the molecule is CSc1ccccc1NC(=O)CN(C)C(=O)CNS(=O)(=O)c1ccc(C)cc1. The maximum atomic E-state index is 12.2. The summed E-state index contributed by atoms with van der Waals surface area (Å²) in [6.45, 7) is 1.24. The van der Waals surface area contributed by atoms with Gasteiger partial charge in [0.05, 0.1) is 23.7 Å². The molecule has 9 heteroatoms.